The lowest BCUT2D eigenvalue weighted by Crippen LogP contribution is -2.25. The zero-order valence-corrected chi connectivity index (χ0v) is 15.9. The van der Waals surface area contributed by atoms with Crippen LogP contribution in [-0.4, -0.2) is 32.9 Å². The largest absolute Gasteiger partial charge is 0.496 e. The van der Waals surface area contributed by atoms with Crippen molar-refractivity contribution in [3.05, 3.63) is 52.0 Å². The van der Waals surface area contributed by atoms with Crippen LogP contribution in [0.4, 0.5) is 5.69 Å². The molecule has 0 saturated heterocycles. The molecule has 2 rings (SSSR count). The third-order valence-corrected chi connectivity index (χ3v) is 3.99. The minimum Gasteiger partial charge on any atom is -0.496 e. The molecule has 6 nitrogen and oxygen atoms in total. The highest BCUT2D eigenvalue weighted by Gasteiger charge is 2.08. The van der Waals surface area contributed by atoms with Gasteiger partial charge in [-0.2, -0.15) is 5.10 Å². The number of hydrazone groups is 1. The van der Waals surface area contributed by atoms with Gasteiger partial charge in [-0.1, -0.05) is 12.1 Å². The summed E-state index contributed by atoms with van der Waals surface area (Å²) < 4.78 is 11.3. The van der Waals surface area contributed by atoms with Crippen molar-refractivity contribution in [2.24, 2.45) is 5.10 Å². The molecule has 0 radical (unpaired) electrons. The number of nitrogens with zero attached hydrogens (tertiary/aromatic N) is 1. The molecular weight excluding hydrogens is 386 g/mol. The van der Waals surface area contributed by atoms with Gasteiger partial charge in [0.05, 0.1) is 31.5 Å². The maximum absolute atomic E-state index is 11.9. The number of anilines is 1. The normalized spacial score (nSPS) is 10.6. The van der Waals surface area contributed by atoms with Crippen LogP contribution in [0.25, 0.3) is 0 Å². The predicted molar refractivity (Wildman–Crippen MR) is 103 cm³/mol. The van der Waals surface area contributed by atoms with Crippen LogP contribution in [0.1, 0.15) is 11.1 Å². The molecule has 7 heteroatoms. The number of methoxy groups -OCH3 is 2. The van der Waals surface area contributed by atoms with E-state index in [-0.39, 0.29) is 12.5 Å². The van der Waals surface area contributed by atoms with E-state index in [2.05, 4.69) is 31.8 Å². The lowest BCUT2D eigenvalue weighted by molar-refractivity contribution is -0.119. The predicted octanol–water partition coefficient (Wildman–Crippen LogP) is 3.34. The molecule has 2 aromatic carbocycles. The number of nitrogens with one attached hydrogen (secondary N) is 2. The Bertz CT molecular complexity index is 778. The molecule has 0 saturated carbocycles. The fourth-order valence-corrected chi connectivity index (χ4v) is 2.66. The van der Waals surface area contributed by atoms with E-state index in [4.69, 9.17) is 9.47 Å². The van der Waals surface area contributed by atoms with Crippen LogP contribution >= 0.6 is 15.9 Å². The van der Waals surface area contributed by atoms with Crippen LogP contribution in [0.5, 0.6) is 11.5 Å². The van der Waals surface area contributed by atoms with Crippen molar-refractivity contribution in [1.29, 1.82) is 0 Å². The number of benzene rings is 2. The fraction of sp³-hybridized carbons (Fsp3) is 0.222. The van der Waals surface area contributed by atoms with E-state index in [0.717, 1.165) is 15.7 Å². The summed E-state index contributed by atoms with van der Waals surface area (Å²) in [6, 6.07) is 11.3. The number of aryl methyl sites for hydroxylation is 1. The van der Waals surface area contributed by atoms with Crippen molar-refractivity contribution in [3.8, 4) is 11.5 Å². The zero-order valence-electron chi connectivity index (χ0n) is 14.3. The van der Waals surface area contributed by atoms with Crippen molar-refractivity contribution in [1.82, 2.24) is 5.43 Å². The molecule has 0 aliphatic rings. The first-order valence-corrected chi connectivity index (χ1v) is 8.36. The van der Waals surface area contributed by atoms with Crippen molar-refractivity contribution in [2.75, 3.05) is 26.1 Å². The molecule has 1 amide bonds. The summed E-state index contributed by atoms with van der Waals surface area (Å²) in [4.78, 5) is 11.9. The highest BCUT2D eigenvalue weighted by Crippen LogP contribution is 2.31. The smallest absolute Gasteiger partial charge is 0.259 e. The van der Waals surface area contributed by atoms with Gasteiger partial charge in [-0.25, -0.2) is 5.43 Å². The second-order valence-electron chi connectivity index (χ2n) is 5.24. The van der Waals surface area contributed by atoms with Crippen molar-refractivity contribution in [3.63, 3.8) is 0 Å². The average Bonchev–Trinajstić information content (AvgIpc) is 2.60. The van der Waals surface area contributed by atoms with Gasteiger partial charge in [-0.05, 0) is 46.6 Å². The molecule has 0 aliphatic carbocycles. The Hall–Kier alpha value is -2.54. The fourth-order valence-electron chi connectivity index (χ4n) is 2.13. The number of rotatable bonds is 7. The number of amides is 1. The number of halogens is 1. The Morgan fingerprint density at radius 1 is 1.20 bits per heavy atom. The van der Waals surface area contributed by atoms with Gasteiger partial charge in [-0.15, -0.1) is 0 Å². The van der Waals surface area contributed by atoms with Crippen LogP contribution in [-0.2, 0) is 4.79 Å². The van der Waals surface area contributed by atoms with Gasteiger partial charge in [0.1, 0.15) is 11.5 Å². The molecule has 0 atom stereocenters. The van der Waals surface area contributed by atoms with Gasteiger partial charge in [-0.3, -0.25) is 4.79 Å². The Kier molecular flexibility index (Phi) is 6.82. The second kappa shape index (κ2) is 9.08. The van der Waals surface area contributed by atoms with E-state index < -0.39 is 0 Å². The highest BCUT2D eigenvalue weighted by molar-refractivity contribution is 9.10. The van der Waals surface area contributed by atoms with E-state index in [1.807, 2.05) is 31.2 Å². The lowest BCUT2D eigenvalue weighted by Gasteiger charge is -2.09. The monoisotopic (exact) mass is 405 g/mol. The van der Waals surface area contributed by atoms with Crippen LogP contribution in [0, 0.1) is 6.92 Å². The number of hydrogen-bond donors (Lipinski definition) is 2. The van der Waals surface area contributed by atoms with Gasteiger partial charge >= 0.3 is 0 Å². The van der Waals surface area contributed by atoms with Crippen molar-refractivity contribution >= 4 is 33.7 Å². The molecule has 0 heterocycles. The maximum atomic E-state index is 11.9. The number of carbonyl (C=O) groups excluding carboxylic acids is 1. The van der Waals surface area contributed by atoms with Gasteiger partial charge in [0.15, 0.2) is 0 Å². The molecule has 0 aromatic heterocycles. The molecule has 132 valence electrons. The molecule has 0 spiro atoms. The lowest BCUT2D eigenvalue weighted by atomic mass is 10.2. The summed E-state index contributed by atoms with van der Waals surface area (Å²) in [5.74, 6) is 1.00. The maximum Gasteiger partial charge on any atom is 0.259 e. The quantitative estimate of drug-likeness (QED) is 0.547. The molecule has 0 bridgehead atoms. The number of hydrogen-bond acceptors (Lipinski definition) is 5. The average molecular weight is 406 g/mol. The summed E-state index contributed by atoms with van der Waals surface area (Å²) in [5, 5.41) is 7.02. The molecule has 25 heavy (non-hydrogen) atoms. The Morgan fingerprint density at radius 3 is 2.64 bits per heavy atom. The topological polar surface area (TPSA) is 72.0 Å². The van der Waals surface area contributed by atoms with E-state index in [1.165, 1.54) is 6.21 Å². The summed E-state index contributed by atoms with van der Waals surface area (Å²) in [6.45, 7) is 2.13. The zero-order chi connectivity index (χ0) is 18.2. The third-order valence-electron chi connectivity index (χ3n) is 3.37. The second-order valence-corrected chi connectivity index (χ2v) is 6.10. The van der Waals surface area contributed by atoms with E-state index >= 15 is 0 Å². The summed E-state index contributed by atoms with van der Waals surface area (Å²) in [7, 11) is 3.14. The van der Waals surface area contributed by atoms with Crippen LogP contribution in [0.2, 0.25) is 0 Å². The standard InChI is InChI=1S/C18H20BrN3O3/c1-12-5-4-6-14(7-12)20-11-18(23)22-21-10-13-8-15(19)17(25-3)9-16(13)24-2/h4-10,20H,11H2,1-3H3,(H,22,23). The first-order valence-electron chi connectivity index (χ1n) is 7.57. The Morgan fingerprint density at radius 2 is 1.96 bits per heavy atom. The van der Waals surface area contributed by atoms with Crippen molar-refractivity contribution < 1.29 is 14.3 Å². The summed E-state index contributed by atoms with van der Waals surface area (Å²) >= 11 is 3.41. The summed E-state index contributed by atoms with van der Waals surface area (Å²) in [5.41, 5.74) is 5.21. The molecule has 0 fully saturated rings. The minimum atomic E-state index is -0.246. The molecular formula is C18H20BrN3O3. The first-order chi connectivity index (χ1) is 12.0. The van der Waals surface area contributed by atoms with Gasteiger partial charge in [0.25, 0.3) is 5.91 Å². The van der Waals surface area contributed by atoms with Gasteiger partial charge in [0.2, 0.25) is 0 Å². The van der Waals surface area contributed by atoms with Gasteiger partial charge in [0, 0.05) is 17.3 Å². The van der Waals surface area contributed by atoms with Crippen LogP contribution in [0.3, 0.4) is 0 Å². The first kappa shape index (κ1) is 18.8. The molecule has 2 N–H and O–H groups in total. The molecule has 0 aliphatic heterocycles. The number of ether oxygens (including phenoxy) is 2. The third kappa shape index (κ3) is 5.49. The van der Waals surface area contributed by atoms with E-state index in [0.29, 0.717) is 17.1 Å². The van der Waals surface area contributed by atoms with Crippen molar-refractivity contribution in [2.45, 2.75) is 6.92 Å². The SMILES string of the molecule is COc1cc(OC)c(C=NNC(=O)CNc2cccc(C)c2)cc1Br. The number of carbonyl (C=O) groups is 1. The Balaban J connectivity index is 1.94. The van der Waals surface area contributed by atoms with E-state index in [1.54, 1.807) is 26.4 Å². The van der Waals surface area contributed by atoms with Gasteiger partial charge < -0.3 is 14.8 Å². The Labute approximate surface area is 155 Å². The van der Waals surface area contributed by atoms with E-state index in [9.17, 15) is 4.79 Å². The molecule has 0 unspecified atom stereocenters. The minimum absolute atomic E-state index is 0.129. The van der Waals surface area contributed by atoms with Crippen LogP contribution in [0.15, 0.2) is 46.0 Å². The van der Waals surface area contributed by atoms with Crippen LogP contribution < -0.4 is 20.2 Å². The molecule has 2 aromatic rings. The highest BCUT2D eigenvalue weighted by atomic mass is 79.9. The summed E-state index contributed by atoms with van der Waals surface area (Å²) in [6.07, 6.45) is 1.52.